The van der Waals surface area contributed by atoms with Gasteiger partial charge in [0.05, 0.1) is 18.9 Å². The predicted octanol–water partition coefficient (Wildman–Crippen LogP) is 2.18. The van der Waals surface area contributed by atoms with Crippen molar-refractivity contribution in [2.45, 2.75) is 18.8 Å². The van der Waals surface area contributed by atoms with Gasteiger partial charge >= 0.3 is 0 Å². The highest BCUT2D eigenvalue weighted by Crippen LogP contribution is 2.29. The van der Waals surface area contributed by atoms with Crippen molar-refractivity contribution in [1.29, 1.82) is 0 Å². The van der Waals surface area contributed by atoms with Crippen molar-refractivity contribution in [3.63, 3.8) is 0 Å². The number of nitrogens with zero attached hydrogens (tertiary/aromatic N) is 2. The highest BCUT2D eigenvalue weighted by molar-refractivity contribution is 5.76. The normalized spacial score (nSPS) is 18.9. The standard InChI is InChI=1S/C15H18N2O3/c1-19-9-7-14(18)17-8-6-11(10-17)15-16-12-4-2-3-5-13(12)20-15/h2-5,11H,6-10H2,1H3/t11-/m0/s1. The van der Waals surface area contributed by atoms with Crippen molar-refractivity contribution in [2.75, 3.05) is 26.8 Å². The minimum Gasteiger partial charge on any atom is -0.440 e. The number of hydrogen-bond donors (Lipinski definition) is 0. The molecule has 3 rings (SSSR count). The van der Waals surface area contributed by atoms with Crippen molar-refractivity contribution in [2.24, 2.45) is 0 Å². The zero-order valence-corrected chi connectivity index (χ0v) is 11.5. The number of benzene rings is 1. The van der Waals surface area contributed by atoms with E-state index < -0.39 is 0 Å². The molecule has 2 heterocycles. The Morgan fingerprint density at radius 2 is 2.35 bits per heavy atom. The Balaban J connectivity index is 1.69. The molecule has 5 heteroatoms. The van der Waals surface area contributed by atoms with Gasteiger partial charge in [0.25, 0.3) is 0 Å². The number of carbonyl (C=O) groups is 1. The second-order valence-corrected chi connectivity index (χ2v) is 5.09. The molecule has 0 N–H and O–H groups in total. The number of para-hydroxylation sites is 2. The predicted molar refractivity (Wildman–Crippen MR) is 74.4 cm³/mol. The second kappa shape index (κ2) is 5.63. The van der Waals surface area contributed by atoms with Gasteiger partial charge in [0, 0.05) is 20.2 Å². The molecule has 1 fully saturated rings. The topological polar surface area (TPSA) is 55.6 Å². The smallest absolute Gasteiger partial charge is 0.224 e. The molecule has 0 aliphatic carbocycles. The van der Waals surface area contributed by atoms with Crippen molar-refractivity contribution in [3.8, 4) is 0 Å². The van der Waals surface area contributed by atoms with E-state index in [1.807, 2.05) is 29.2 Å². The van der Waals surface area contributed by atoms with Crippen molar-refractivity contribution < 1.29 is 13.9 Å². The molecule has 5 nitrogen and oxygen atoms in total. The number of hydrogen-bond acceptors (Lipinski definition) is 4. The molecule has 1 aliphatic heterocycles. The molecule has 1 amide bonds. The molecule has 1 aromatic heterocycles. The number of fused-ring (bicyclic) bond motifs is 1. The van der Waals surface area contributed by atoms with Gasteiger partial charge in [-0.3, -0.25) is 4.79 Å². The molecule has 1 aromatic carbocycles. The average Bonchev–Trinajstić information content (AvgIpc) is 3.10. The molecule has 1 saturated heterocycles. The van der Waals surface area contributed by atoms with Gasteiger partial charge in [0.1, 0.15) is 5.52 Å². The zero-order valence-electron chi connectivity index (χ0n) is 11.5. The van der Waals surface area contributed by atoms with Crippen LogP contribution in [-0.4, -0.2) is 42.6 Å². The molecule has 0 bridgehead atoms. The third-order valence-electron chi connectivity index (χ3n) is 3.72. The van der Waals surface area contributed by atoms with Crippen LogP contribution in [0.5, 0.6) is 0 Å². The van der Waals surface area contributed by atoms with Crippen LogP contribution in [0.25, 0.3) is 11.1 Å². The lowest BCUT2D eigenvalue weighted by atomic mass is 10.1. The third kappa shape index (κ3) is 2.54. The van der Waals surface area contributed by atoms with E-state index in [0.717, 1.165) is 30.0 Å². The molecule has 2 aromatic rings. The first-order valence-corrected chi connectivity index (χ1v) is 6.90. The maximum absolute atomic E-state index is 11.9. The van der Waals surface area contributed by atoms with Crippen LogP contribution in [-0.2, 0) is 9.53 Å². The van der Waals surface area contributed by atoms with Crippen LogP contribution in [0.1, 0.15) is 24.7 Å². The minimum atomic E-state index is 0.144. The van der Waals surface area contributed by atoms with E-state index in [1.54, 1.807) is 7.11 Å². The Hall–Kier alpha value is -1.88. The summed E-state index contributed by atoms with van der Waals surface area (Å²) in [5, 5.41) is 0. The number of carbonyl (C=O) groups excluding carboxylic acids is 1. The molecular formula is C15H18N2O3. The Kier molecular flexibility index (Phi) is 3.69. The van der Waals surface area contributed by atoms with Gasteiger partial charge in [-0.1, -0.05) is 12.1 Å². The second-order valence-electron chi connectivity index (χ2n) is 5.09. The monoisotopic (exact) mass is 274 g/mol. The summed E-state index contributed by atoms with van der Waals surface area (Å²) >= 11 is 0. The number of methoxy groups -OCH3 is 1. The van der Waals surface area contributed by atoms with Crippen molar-refractivity contribution in [3.05, 3.63) is 30.2 Å². The van der Waals surface area contributed by atoms with Gasteiger partial charge in [-0.2, -0.15) is 0 Å². The average molecular weight is 274 g/mol. The highest BCUT2D eigenvalue weighted by Gasteiger charge is 2.30. The highest BCUT2D eigenvalue weighted by atomic mass is 16.5. The van der Waals surface area contributed by atoms with Crippen LogP contribution in [0.3, 0.4) is 0 Å². The van der Waals surface area contributed by atoms with E-state index in [-0.39, 0.29) is 11.8 Å². The summed E-state index contributed by atoms with van der Waals surface area (Å²) in [7, 11) is 1.61. The summed E-state index contributed by atoms with van der Waals surface area (Å²) in [6.07, 6.45) is 1.35. The van der Waals surface area contributed by atoms with Crippen LogP contribution in [0.2, 0.25) is 0 Å². The van der Waals surface area contributed by atoms with Gasteiger partial charge < -0.3 is 14.1 Å². The van der Waals surface area contributed by atoms with Gasteiger partial charge in [-0.25, -0.2) is 4.98 Å². The third-order valence-corrected chi connectivity index (χ3v) is 3.72. The fraction of sp³-hybridized carbons (Fsp3) is 0.467. The molecular weight excluding hydrogens is 256 g/mol. The molecule has 1 atom stereocenters. The van der Waals surface area contributed by atoms with Gasteiger partial charge in [-0.15, -0.1) is 0 Å². The number of ether oxygens (including phenoxy) is 1. The maximum atomic E-state index is 11.9. The van der Waals surface area contributed by atoms with Crippen molar-refractivity contribution >= 4 is 17.0 Å². The molecule has 0 saturated carbocycles. The number of aromatic nitrogens is 1. The van der Waals surface area contributed by atoms with Crippen LogP contribution in [0, 0.1) is 0 Å². The molecule has 0 spiro atoms. The number of rotatable bonds is 4. The first-order valence-electron chi connectivity index (χ1n) is 6.90. The molecule has 1 aliphatic rings. The summed E-state index contributed by atoms with van der Waals surface area (Å²) in [5.41, 5.74) is 1.69. The Bertz CT molecular complexity index is 575. The molecule has 106 valence electrons. The minimum absolute atomic E-state index is 0.144. The number of amides is 1. The zero-order chi connectivity index (χ0) is 13.9. The van der Waals surface area contributed by atoms with E-state index in [9.17, 15) is 4.79 Å². The first-order chi connectivity index (χ1) is 9.78. The summed E-state index contributed by atoms with van der Waals surface area (Å²) in [5.74, 6) is 1.09. The van der Waals surface area contributed by atoms with E-state index >= 15 is 0 Å². The summed E-state index contributed by atoms with van der Waals surface area (Å²) < 4.78 is 10.7. The molecule has 0 unspecified atom stereocenters. The van der Waals surface area contributed by atoms with E-state index in [0.29, 0.717) is 19.6 Å². The maximum Gasteiger partial charge on any atom is 0.224 e. The van der Waals surface area contributed by atoms with Gasteiger partial charge in [-0.05, 0) is 18.6 Å². The van der Waals surface area contributed by atoms with Gasteiger partial charge in [0.2, 0.25) is 5.91 Å². The van der Waals surface area contributed by atoms with Crippen LogP contribution in [0.15, 0.2) is 28.7 Å². The fourth-order valence-electron chi connectivity index (χ4n) is 2.60. The van der Waals surface area contributed by atoms with E-state index in [2.05, 4.69) is 4.98 Å². The number of oxazole rings is 1. The lowest BCUT2D eigenvalue weighted by Crippen LogP contribution is -2.29. The summed E-state index contributed by atoms with van der Waals surface area (Å²) in [4.78, 5) is 18.3. The lowest BCUT2D eigenvalue weighted by Gasteiger charge is -2.15. The Labute approximate surface area is 117 Å². The molecule has 0 radical (unpaired) electrons. The van der Waals surface area contributed by atoms with Crippen LogP contribution < -0.4 is 0 Å². The number of likely N-dealkylation sites (tertiary alicyclic amines) is 1. The first kappa shape index (κ1) is 13.1. The van der Waals surface area contributed by atoms with E-state index in [4.69, 9.17) is 9.15 Å². The van der Waals surface area contributed by atoms with Gasteiger partial charge in [0.15, 0.2) is 11.5 Å². The van der Waals surface area contributed by atoms with Crippen molar-refractivity contribution in [1.82, 2.24) is 9.88 Å². The van der Waals surface area contributed by atoms with Crippen LogP contribution in [0.4, 0.5) is 0 Å². The van der Waals surface area contributed by atoms with E-state index in [1.165, 1.54) is 0 Å². The lowest BCUT2D eigenvalue weighted by molar-refractivity contribution is -0.131. The SMILES string of the molecule is COCCC(=O)N1CC[C@H](c2nc3ccccc3o2)C1. The van der Waals surface area contributed by atoms with Crippen LogP contribution >= 0.6 is 0 Å². The molecule has 20 heavy (non-hydrogen) atoms. The Morgan fingerprint density at radius 3 is 3.15 bits per heavy atom. The Morgan fingerprint density at radius 1 is 1.50 bits per heavy atom. The summed E-state index contributed by atoms with van der Waals surface area (Å²) in [6.45, 7) is 1.93. The quantitative estimate of drug-likeness (QED) is 0.857. The largest absolute Gasteiger partial charge is 0.440 e. The fourth-order valence-corrected chi connectivity index (χ4v) is 2.60. The summed E-state index contributed by atoms with van der Waals surface area (Å²) in [6, 6.07) is 7.75.